The highest BCUT2D eigenvalue weighted by Crippen LogP contribution is 2.28. The lowest BCUT2D eigenvalue weighted by molar-refractivity contribution is -0.210. The summed E-state index contributed by atoms with van der Waals surface area (Å²) in [5.74, 6) is -0.256. The Labute approximate surface area is 247 Å². The lowest BCUT2D eigenvalue weighted by atomic mass is 9.88. The maximum absolute atomic E-state index is 13.8. The largest absolute Gasteiger partial charge is 0.352 e. The van der Waals surface area contributed by atoms with Crippen LogP contribution in [0.2, 0.25) is 0 Å². The predicted molar refractivity (Wildman–Crippen MR) is 162 cm³/mol. The van der Waals surface area contributed by atoms with Crippen LogP contribution in [0, 0.1) is 0 Å². The van der Waals surface area contributed by atoms with E-state index in [1.165, 1.54) is 30.2 Å². The molecule has 218 valence electrons. The van der Waals surface area contributed by atoms with E-state index in [0.717, 1.165) is 11.8 Å². The number of sulfone groups is 1. The Morgan fingerprint density at radius 1 is 0.786 bits per heavy atom. The summed E-state index contributed by atoms with van der Waals surface area (Å²) in [6, 6.07) is 33.9. The second-order valence-electron chi connectivity index (χ2n) is 10.2. The van der Waals surface area contributed by atoms with Crippen molar-refractivity contribution in [2.24, 2.45) is 0 Å². The molecule has 4 aromatic rings. The molecule has 1 amide bonds. The van der Waals surface area contributed by atoms with Crippen molar-refractivity contribution in [3.05, 3.63) is 131 Å². The van der Waals surface area contributed by atoms with Gasteiger partial charge in [0.2, 0.25) is 0 Å². The summed E-state index contributed by atoms with van der Waals surface area (Å²) < 4.78 is 24.4. The summed E-state index contributed by atoms with van der Waals surface area (Å²) in [6.07, 6.45) is 3.15. The number of hydrogen-bond acceptors (Lipinski definition) is 6. The Hall–Kier alpha value is -4.43. The van der Waals surface area contributed by atoms with Gasteiger partial charge in [-0.3, -0.25) is 14.6 Å². The van der Waals surface area contributed by atoms with Gasteiger partial charge in [0.05, 0.1) is 4.90 Å². The quantitative estimate of drug-likeness (QED) is 0.136. The van der Waals surface area contributed by atoms with Crippen LogP contribution in [0.25, 0.3) is 0 Å². The maximum Gasteiger partial charge on any atom is 0.352 e. The molecule has 4 rings (SSSR count). The van der Waals surface area contributed by atoms with Crippen molar-refractivity contribution in [1.29, 1.82) is 0 Å². The molecule has 4 aromatic carbocycles. The van der Waals surface area contributed by atoms with Crippen molar-refractivity contribution in [2.45, 2.75) is 37.0 Å². The van der Waals surface area contributed by atoms with E-state index in [9.17, 15) is 18.0 Å². The maximum atomic E-state index is 13.8. The van der Waals surface area contributed by atoms with Crippen LogP contribution in [0.3, 0.4) is 0 Å². The van der Waals surface area contributed by atoms with E-state index in [1.54, 1.807) is 29.2 Å². The van der Waals surface area contributed by atoms with Crippen LogP contribution >= 0.6 is 0 Å². The topological polar surface area (TPSA) is 90.0 Å². The molecule has 0 spiro atoms. The van der Waals surface area contributed by atoms with Gasteiger partial charge in [-0.1, -0.05) is 78.9 Å². The molecule has 42 heavy (non-hydrogen) atoms. The highest BCUT2D eigenvalue weighted by Gasteiger charge is 2.21. The number of carbonyl (C=O) groups excluding carboxylic acids is 2. The molecule has 0 heterocycles. The molecule has 0 unspecified atom stereocenters. The fourth-order valence-electron chi connectivity index (χ4n) is 4.87. The molecule has 0 saturated carbocycles. The molecule has 0 N–H and O–H groups in total. The molecule has 0 aliphatic rings. The number of benzene rings is 4. The van der Waals surface area contributed by atoms with E-state index < -0.39 is 15.8 Å². The molecule has 7 nitrogen and oxygen atoms in total. The second-order valence-corrected chi connectivity index (χ2v) is 12.2. The smallest absolute Gasteiger partial charge is 0.339 e. The first-order valence-corrected chi connectivity index (χ1v) is 15.7. The van der Waals surface area contributed by atoms with Crippen LogP contribution in [0.1, 0.15) is 52.7 Å². The molecule has 0 fully saturated rings. The van der Waals surface area contributed by atoms with Gasteiger partial charge in [-0.2, -0.15) is 0 Å². The molecule has 0 atom stereocenters. The van der Waals surface area contributed by atoms with Gasteiger partial charge in [-0.25, -0.2) is 13.2 Å². The number of nitrogens with zero attached hydrogens (tertiary/aromatic N) is 1. The van der Waals surface area contributed by atoms with Crippen molar-refractivity contribution in [1.82, 2.24) is 4.90 Å². The fourth-order valence-corrected chi connectivity index (χ4v) is 5.54. The molecule has 0 aromatic heterocycles. The molecule has 8 heteroatoms. The zero-order valence-corrected chi connectivity index (χ0v) is 24.6. The highest BCUT2D eigenvalue weighted by molar-refractivity contribution is 7.90. The second kappa shape index (κ2) is 14.5. The van der Waals surface area contributed by atoms with E-state index >= 15 is 0 Å². The van der Waals surface area contributed by atoms with Gasteiger partial charge in [0.15, 0.2) is 15.6 Å². The minimum absolute atomic E-state index is 0.0835. The van der Waals surface area contributed by atoms with Gasteiger partial charge in [0.1, 0.15) is 0 Å². The lowest BCUT2D eigenvalue weighted by Gasteiger charge is -2.26. The van der Waals surface area contributed by atoms with Gasteiger partial charge in [0, 0.05) is 37.8 Å². The standard InChI is InChI=1S/C34H35NO6S/c1-26(36)40-41-31-19-9-12-27(24-31)13-11-22-35(34(37)30-18-10-20-32(25-30)42(2,38)39)23-21-33(28-14-5-3-6-15-28)29-16-7-4-8-17-29/h3-10,12,14-20,24-25,33H,11,13,21-23H2,1-2H3. The number of carbonyl (C=O) groups is 2. The summed E-state index contributed by atoms with van der Waals surface area (Å²) in [4.78, 5) is 36.5. The Bertz CT molecular complexity index is 1550. The highest BCUT2D eigenvalue weighted by atomic mass is 32.2. The number of rotatable bonds is 13. The molecule has 0 radical (unpaired) electrons. The monoisotopic (exact) mass is 585 g/mol. The van der Waals surface area contributed by atoms with E-state index in [0.29, 0.717) is 43.7 Å². The molecule has 0 bridgehead atoms. The third kappa shape index (κ3) is 8.78. The summed E-state index contributed by atoms with van der Waals surface area (Å²) in [6.45, 7) is 2.21. The molecular formula is C34H35NO6S. The van der Waals surface area contributed by atoms with E-state index in [-0.39, 0.29) is 16.7 Å². The normalized spacial score (nSPS) is 11.2. The van der Waals surface area contributed by atoms with Crippen molar-refractivity contribution in [3.63, 3.8) is 0 Å². The van der Waals surface area contributed by atoms with Gasteiger partial charge in [0.25, 0.3) is 5.91 Å². The third-order valence-corrected chi connectivity index (χ3v) is 8.05. The predicted octanol–water partition coefficient (Wildman–Crippen LogP) is 6.24. The van der Waals surface area contributed by atoms with Gasteiger partial charge >= 0.3 is 5.97 Å². The number of hydrogen-bond donors (Lipinski definition) is 0. The average molecular weight is 586 g/mol. The Morgan fingerprint density at radius 2 is 1.43 bits per heavy atom. The summed E-state index contributed by atoms with van der Waals surface area (Å²) in [7, 11) is -3.46. The molecule has 0 aliphatic carbocycles. The zero-order chi connectivity index (χ0) is 30.0. The van der Waals surface area contributed by atoms with Crippen molar-refractivity contribution in [2.75, 3.05) is 19.3 Å². The molecular weight excluding hydrogens is 550 g/mol. The molecule has 0 aliphatic heterocycles. The first-order chi connectivity index (χ1) is 20.2. The first kappa shape index (κ1) is 30.5. The van der Waals surface area contributed by atoms with Crippen LogP contribution in [0.4, 0.5) is 0 Å². The van der Waals surface area contributed by atoms with Gasteiger partial charge in [-0.15, -0.1) is 0 Å². The van der Waals surface area contributed by atoms with Crippen molar-refractivity contribution < 1.29 is 27.8 Å². The minimum atomic E-state index is -3.46. The van der Waals surface area contributed by atoms with Gasteiger partial charge in [-0.05, 0) is 66.3 Å². The van der Waals surface area contributed by atoms with E-state index in [2.05, 4.69) is 29.2 Å². The van der Waals surface area contributed by atoms with E-state index in [1.807, 2.05) is 48.5 Å². The fraction of sp³-hybridized carbons (Fsp3) is 0.235. The Balaban J connectivity index is 1.54. The average Bonchev–Trinajstić information content (AvgIpc) is 3.00. The Morgan fingerprint density at radius 3 is 2.05 bits per heavy atom. The summed E-state index contributed by atoms with van der Waals surface area (Å²) >= 11 is 0. The lowest BCUT2D eigenvalue weighted by Crippen LogP contribution is -2.34. The van der Waals surface area contributed by atoms with E-state index in [4.69, 9.17) is 4.89 Å². The van der Waals surface area contributed by atoms with Gasteiger partial charge < -0.3 is 4.90 Å². The van der Waals surface area contributed by atoms with Crippen molar-refractivity contribution in [3.8, 4) is 5.75 Å². The summed E-state index contributed by atoms with van der Waals surface area (Å²) in [5, 5.41) is 0. The SMILES string of the molecule is CC(=O)OOc1cccc(CCCN(CCC(c2ccccc2)c2ccccc2)C(=O)c2cccc(S(C)(=O)=O)c2)c1. The minimum Gasteiger partial charge on any atom is -0.339 e. The van der Waals surface area contributed by atoms with Crippen LogP contribution in [-0.4, -0.2) is 44.5 Å². The summed E-state index contributed by atoms with van der Waals surface area (Å²) in [5.41, 5.74) is 3.64. The zero-order valence-electron chi connectivity index (χ0n) is 23.8. The first-order valence-electron chi connectivity index (χ1n) is 13.8. The number of aryl methyl sites for hydroxylation is 1. The Kier molecular flexibility index (Phi) is 10.5. The van der Waals surface area contributed by atoms with Crippen molar-refractivity contribution >= 4 is 21.7 Å². The molecule has 0 saturated heterocycles. The van der Waals surface area contributed by atoms with Crippen LogP contribution in [0.15, 0.2) is 114 Å². The van der Waals surface area contributed by atoms with Crippen LogP contribution in [-0.2, 0) is 25.9 Å². The number of amides is 1. The van der Waals surface area contributed by atoms with Crippen LogP contribution < -0.4 is 4.89 Å². The van der Waals surface area contributed by atoms with Crippen LogP contribution in [0.5, 0.6) is 5.75 Å². The third-order valence-electron chi connectivity index (χ3n) is 6.94.